The summed E-state index contributed by atoms with van der Waals surface area (Å²) in [5.74, 6) is 0.0402. The number of benzene rings is 3. The van der Waals surface area contributed by atoms with E-state index in [1.807, 2.05) is 0 Å². The highest BCUT2D eigenvalue weighted by Crippen LogP contribution is 2.36. The van der Waals surface area contributed by atoms with Crippen molar-refractivity contribution in [3.05, 3.63) is 77.8 Å². The summed E-state index contributed by atoms with van der Waals surface area (Å²) < 4.78 is 38.9. The van der Waals surface area contributed by atoms with E-state index in [1.54, 1.807) is 54.6 Å². The number of hydrogen-bond donors (Lipinski definition) is 1. The molecule has 3 aromatic carbocycles. The van der Waals surface area contributed by atoms with Crippen LogP contribution in [0.15, 0.2) is 77.7 Å². The number of amides is 1. The molecule has 0 aliphatic rings. The van der Waals surface area contributed by atoms with Crippen molar-refractivity contribution in [2.45, 2.75) is 4.90 Å². The Morgan fingerprint density at radius 2 is 1.72 bits per heavy atom. The summed E-state index contributed by atoms with van der Waals surface area (Å²) in [4.78, 5) is 13.1. The highest BCUT2D eigenvalue weighted by molar-refractivity contribution is 7.92. The van der Waals surface area contributed by atoms with Crippen molar-refractivity contribution in [1.82, 2.24) is 10.2 Å². The molecule has 4 rings (SSSR count). The van der Waals surface area contributed by atoms with Gasteiger partial charge >= 0.3 is 0 Å². The third kappa shape index (κ3) is 5.59. The molecule has 186 valence electrons. The first-order valence-electron chi connectivity index (χ1n) is 10.5. The van der Waals surface area contributed by atoms with Gasteiger partial charge in [0.1, 0.15) is 23.1 Å². The number of halogens is 1. The van der Waals surface area contributed by atoms with Gasteiger partial charge in [-0.05, 0) is 36.4 Å². The second kappa shape index (κ2) is 10.9. The minimum absolute atomic E-state index is 0.0172. The van der Waals surface area contributed by atoms with Crippen molar-refractivity contribution in [3.8, 4) is 22.1 Å². The molecule has 0 aliphatic carbocycles. The number of nitrogens with zero attached hydrogens (tertiary/aromatic N) is 3. The number of carbonyl (C=O) groups is 1. The molecule has 0 unspecified atom stereocenters. The minimum atomic E-state index is -4.15. The fourth-order valence-electron chi connectivity index (χ4n) is 3.28. The van der Waals surface area contributed by atoms with Crippen LogP contribution < -0.4 is 19.1 Å². The van der Waals surface area contributed by atoms with E-state index in [9.17, 15) is 13.2 Å². The predicted molar refractivity (Wildman–Crippen MR) is 140 cm³/mol. The van der Waals surface area contributed by atoms with E-state index in [0.29, 0.717) is 15.8 Å². The Morgan fingerprint density at radius 1 is 1.00 bits per heavy atom. The van der Waals surface area contributed by atoms with Crippen LogP contribution in [0.5, 0.6) is 11.5 Å². The third-order valence-corrected chi connectivity index (χ3v) is 7.95. The molecule has 1 amide bonds. The minimum Gasteiger partial charge on any atom is -0.497 e. The van der Waals surface area contributed by atoms with Gasteiger partial charge in [-0.1, -0.05) is 53.3 Å². The summed E-state index contributed by atoms with van der Waals surface area (Å²) in [6.45, 7) is -0.545. The fourth-order valence-corrected chi connectivity index (χ4v) is 5.62. The number of carbonyl (C=O) groups excluding carboxylic acids is 1. The van der Waals surface area contributed by atoms with Crippen molar-refractivity contribution in [1.29, 1.82) is 0 Å². The number of aromatic nitrogens is 2. The van der Waals surface area contributed by atoms with E-state index in [2.05, 4.69) is 15.5 Å². The monoisotopic (exact) mass is 544 g/mol. The highest BCUT2D eigenvalue weighted by Gasteiger charge is 2.30. The van der Waals surface area contributed by atoms with Crippen LogP contribution in [0.4, 0.5) is 10.8 Å². The highest BCUT2D eigenvalue weighted by atomic mass is 35.5. The first-order valence-corrected chi connectivity index (χ1v) is 13.1. The number of anilines is 2. The fraction of sp³-hybridized carbons (Fsp3) is 0.125. The summed E-state index contributed by atoms with van der Waals surface area (Å²) in [5, 5.41) is 12.1. The van der Waals surface area contributed by atoms with E-state index in [0.717, 1.165) is 21.2 Å². The second-order valence-electron chi connectivity index (χ2n) is 7.33. The van der Waals surface area contributed by atoms with Gasteiger partial charge < -0.3 is 9.47 Å². The van der Waals surface area contributed by atoms with Gasteiger partial charge in [-0.15, -0.1) is 10.2 Å². The van der Waals surface area contributed by atoms with Crippen LogP contribution in [-0.2, 0) is 14.8 Å². The second-order valence-corrected chi connectivity index (χ2v) is 10.6. The average molecular weight is 545 g/mol. The van der Waals surface area contributed by atoms with Gasteiger partial charge in [0, 0.05) is 16.7 Å². The molecule has 0 radical (unpaired) electrons. The number of methoxy groups -OCH3 is 2. The van der Waals surface area contributed by atoms with Gasteiger partial charge in [-0.3, -0.25) is 14.4 Å². The first-order chi connectivity index (χ1) is 17.3. The molecular weight excluding hydrogens is 524 g/mol. The summed E-state index contributed by atoms with van der Waals surface area (Å²) in [6, 6.07) is 19.6. The molecule has 1 heterocycles. The van der Waals surface area contributed by atoms with Gasteiger partial charge in [0.15, 0.2) is 0 Å². The van der Waals surface area contributed by atoms with Crippen LogP contribution in [0.3, 0.4) is 0 Å². The molecular formula is C24H21ClN4O5S2. The molecule has 9 nitrogen and oxygen atoms in total. The molecule has 0 fully saturated rings. The topological polar surface area (TPSA) is 111 Å². The molecule has 0 atom stereocenters. The molecule has 0 bridgehead atoms. The van der Waals surface area contributed by atoms with Gasteiger partial charge in [0.05, 0.1) is 24.8 Å². The average Bonchev–Trinajstić information content (AvgIpc) is 3.36. The molecule has 0 spiro atoms. The van der Waals surface area contributed by atoms with Crippen molar-refractivity contribution in [2.24, 2.45) is 0 Å². The third-order valence-electron chi connectivity index (χ3n) is 5.04. The molecule has 0 saturated carbocycles. The van der Waals surface area contributed by atoms with Crippen LogP contribution in [-0.4, -0.2) is 45.3 Å². The van der Waals surface area contributed by atoms with E-state index in [4.69, 9.17) is 21.1 Å². The molecule has 4 aromatic rings. The Morgan fingerprint density at radius 3 is 2.39 bits per heavy atom. The first kappa shape index (κ1) is 25.4. The lowest BCUT2D eigenvalue weighted by atomic mass is 10.2. The smallest absolute Gasteiger partial charge is 0.264 e. The maximum Gasteiger partial charge on any atom is 0.264 e. The van der Waals surface area contributed by atoms with Crippen molar-refractivity contribution >= 4 is 49.7 Å². The molecule has 1 aromatic heterocycles. The lowest BCUT2D eigenvalue weighted by molar-refractivity contribution is -0.114. The number of nitrogens with one attached hydrogen (secondary N) is 1. The van der Waals surface area contributed by atoms with E-state index in [-0.39, 0.29) is 21.5 Å². The van der Waals surface area contributed by atoms with Crippen LogP contribution in [0.2, 0.25) is 5.02 Å². The van der Waals surface area contributed by atoms with Crippen LogP contribution in [0.25, 0.3) is 10.6 Å². The number of sulfonamides is 1. The Balaban J connectivity index is 1.65. The van der Waals surface area contributed by atoms with Crippen LogP contribution in [0, 0.1) is 0 Å². The predicted octanol–water partition coefficient (Wildman–Crippen LogP) is 4.71. The Kier molecular flexibility index (Phi) is 7.73. The van der Waals surface area contributed by atoms with E-state index >= 15 is 0 Å². The SMILES string of the molecule is COc1ccc(OC)c(N(CC(=O)Nc2nnc(-c3ccc(Cl)cc3)s2)S(=O)(=O)c2ccccc2)c1. The summed E-state index contributed by atoms with van der Waals surface area (Å²) in [7, 11) is -1.27. The van der Waals surface area contributed by atoms with Gasteiger partial charge in [0.2, 0.25) is 11.0 Å². The van der Waals surface area contributed by atoms with Gasteiger partial charge in [-0.2, -0.15) is 0 Å². The molecule has 1 N–H and O–H groups in total. The normalized spacial score (nSPS) is 11.1. The van der Waals surface area contributed by atoms with Crippen LogP contribution in [0.1, 0.15) is 0 Å². The van der Waals surface area contributed by atoms with Crippen molar-refractivity contribution in [3.63, 3.8) is 0 Å². The molecule has 0 saturated heterocycles. The van der Waals surface area contributed by atoms with Crippen molar-refractivity contribution < 1.29 is 22.7 Å². The Hall–Kier alpha value is -3.67. The summed E-state index contributed by atoms with van der Waals surface area (Å²) in [6.07, 6.45) is 0. The summed E-state index contributed by atoms with van der Waals surface area (Å²) >= 11 is 7.08. The molecule has 0 aliphatic heterocycles. The van der Waals surface area contributed by atoms with E-state index < -0.39 is 22.5 Å². The zero-order valence-electron chi connectivity index (χ0n) is 19.2. The number of rotatable bonds is 9. The van der Waals surface area contributed by atoms with Gasteiger partial charge in [0.25, 0.3) is 10.0 Å². The largest absolute Gasteiger partial charge is 0.497 e. The zero-order valence-corrected chi connectivity index (χ0v) is 21.6. The maximum absolute atomic E-state index is 13.6. The molecule has 36 heavy (non-hydrogen) atoms. The number of hydrogen-bond acceptors (Lipinski definition) is 8. The Bertz CT molecular complexity index is 1460. The maximum atomic E-state index is 13.6. The van der Waals surface area contributed by atoms with Crippen molar-refractivity contribution in [2.75, 3.05) is 30.4 Å². The Labute approximate surface area is 217 Å². The van der Waals surface area contributed by atoms with E-state index in [1.165, 1.54) is 32.4 Å². The zero-order chi connectivity index (χ0) is 25.7. The standard InChI is InChI=1S/C24H21ClN4O5S2/c1-33-18-12-13-21(34-2)20(14-18)29(36(31,32)19-6-4-3-5-7-19)15-22(30)26-24-28-27-23(35-24)16-8-10-17(25)11-9-16/h3-14H,15H2,1-2H3,(H,26,28,30). The van der Waals surface area contributed by atoms with Crippen LogP contribution >= 0.6 is 22.9 Å². The number of ether oxygens (including phenoxy) is 2. The molecule has 12 heteroatoms. The lowest BCUT2D eigenvalue weighted by Gasteiger charge is -2.25. The lowest BCUT2D eigenvalue weighted by Crippen LogP contribution is -2.38. The summed E-state index contributed by atoms with van der Waals surface area (Å²) in [5.41, 5.74) is 0.932. The quantitative estimate of drug-likeness (QED) is 0.325. The van der Waals surface area contributed by atoms with Gasteiger partial charge in [-0.25, -0.2) is 8.42 Å².